The van der Waals surface area contributed by atoms with Gasteiger partial charge in [0.15, 0.2) is 0 Å². The zero-order chi connectivity index (χ0) is 12.4. The van der Waals surface area contributed by atoms with Crippen molar-refractivity contribution in [3.8, 4) is 17.1 Å². The van der Waals surface area contributed by atoms with Gasteiger partial charge in [0.25, 0.3) is 0 Å². The number of methoxy groups -OCH3 is 1. The van der Waals surface area contributed by atoms with Crippen LogP contribution in [0, 0.1) is 5.82 Å². The molecule has 0 amide bonds. The van der Waals surface area contributed by atoms with Gasteiger partial charge in [0, 0.05) is 6.07 Å². The molecule has 1 aromatic carbocycles. The summed E-state index contributed by atoms with van der Waals surface area (Å²) in [6.07, 6.45) is 1.14. The number of rotatable bonds is 3. The van der Waals surface area contributed by atoms with E-state index in [1.54, 1.807) is 6.07 Å². The van der Waals surface area contributed by atoms with Gasteiger partial charge in [-0.2, -0.15) is 0 Å². The van der Waals surface area contributed by atoms with Gasteiger partial charge in [-0.05, 0) is 12.1 Å². The Morgan fingerprint density at radius 1 is 1.53 bits per heavy atom. The molecule has 0 aliphatic rings. The monoisotopic (exact) mass is 236 g/mol. The predicted octanol–water partition coefficient (Wildman–Crippen LogP) is 1.92. The number of imidazole rings is 1. The molecule has 1 aromatic heterocycles. The van der Waals surface area contributed by atoms with Crippen molar-refractivity contribution in [1.29, 1.82) is 0 Å². The average molecular weight is 236 g/mol. The Morgan fingerprint density at radius 3 is 2.82 bits per heavy atom. The van der Waals surface area contributed by atoms with Gasteiger partial charge in [-0.1, -0.05) is 0 Å². The van der Waals surface area contributed by atoms with E-state index in [0.29, 0.717) is 5.75 Å². The maximum absolute atomic E-state index is 13.6. The lowest BCUT2D eigenvalue weighted by molar-refractivity contribution is 0.0691. The van der Waals surface area contributed by atoms with Crippen molar-refractivity contribution in [1.82, 2.24) is 9.97 Å². The summed E-state index contributed by atoms with van der Waals surface area (Å²) in [7, 11) is 1.43. The number of aromatic amines is 1. The van der Waals surface area contributed by atoms with Crippen LogP contribution in [0.15, 0.2) is 24.4 Å². The molecule has 0 unspecified atom stereocenters. The zero-order valence-electron chi connectivity index (χ0n) is 8.90. The molecule has 17 heavy (non-hydrogen) atoms. The van der Waals surface area contributed by atoms with E-state index in [1.807, 2.05) is 0 Å². The first kappa shape index (κ1) is 11.1. The van der Waals surface area contributed by atoms with Gasteiger partial charge < -0.3 is 14.8 Å². The number of nitrogens with zero attached hydrogens (tertiary/aromatic N) is 1. The van der Waals surface area contributed by atoms with E-state index in [1.165, 1.54) is 19.2 Å². The summed E-state index contributed by atoms with van der Waals surface area (Å²) < 4.78 is 18.5. The molecule has 2 N–H and O–H groups in total. The number of carbonyl (C=O) groups is 1. The quantitative estimate of drug-likeness (QED) is 0.853. The molecule has 0 bridgehead atoms. The van der Waals surface area contributed by atoms with Crippen LogP contribution in [-0.2, 0) is 0 Å². The number of nitrogens with one attached hydrogen (secondary N) is 1. The number of carboxylic acids is 1. The molecule has 0 saturated carbocycles. The van der Waals surface area contributed by atoms with E-state index in [2.05, 4.69) is 9.97 Å². The highest BCUT2D eigenvalue weighted by Gasteiger charge is 2.12. The third kappa shape index (κ3) is 2.10. The van der Waals surface area contributed by atoms with Gasteiger partial charge >= 0.3 is 5.97 Å². The molecule has 0 aliphatic heterocycles. The Bertz CT molecular complexity index is 566. The number of aromatic carboxylic acids is 1. The number of H-pyrrole nitrogens is 1. The molecule has 0 fully saturated rings. The van der Waals surface area contributed by atoms with Gasteiger partial charge in [-0.15, -0.1) is 0 Å². The number of ether oxygens (including phenoxy) is 1. The normalized spacial score (nSPS) is 10.2. The summed E-state index contributed by atoms with van der Waals surface area (Å²) >= 11 is 0. The number of aromatic nitrogens is 2. The van der Waals surface area contributed by atoms with Crippen molar-refractivity contribution in [2.75, 3.05) is 7.11 Å². The Labute approximate surface area is 95.9 Å². The lowest BCUT2D eigenvalue weighted by Gasteiger charge is -2.02. The molecule has 2 aromatic rings. The van der Waals surface area contributed by atoms with E-state index in [0.717, 1.165) is 6.20 Å². The van der Waals surface area contributed by atoms with Crippen LogP contribution in [0.4, 0.5) is 4.39 Å². The molecule has 0 saturated heterocycles. The van der Waals surface area contributed by atoms with Crippen LogP contribution in [0.2, 0.25) is 0 Å². The molecule has 0 atom stereocenters. The van der Waals surface area contributed by atoms with Crippen molar-refractivity contribution in [2.24, 2.45) is 0 Å². The largest absolute Gasteiger partial charge is 0.497 e. The van der Waals surface area contributed by atoms with Gasteiger partial charge in [0.1, 0.15) is 23.1 Å². The van der Waals surface area contributed by atoms with Crippen molar-refractivity contribution >= 4 is 5.97 Å². The molecule has 0 aliphatic carbocycles. The van der Waals surface area contributed by atoms with E-state index in [-0.39, 0.29) is 17.1 Å². The lowest BCUT2D eigenvalue weighted by atomic mass is 10.2. The molecular formula is C11H9FN2O3. The average Bonchev–Trinajstić information content (AvgIpc) is 2.78. The van der Waals surface area contributed by atoms with Crippen molar-refractivity contribution < 1.29 is 19.0 Å². The Hall–Kier alpha value is -2.37. The van der Waals surface area contributed by atoms with Crippen LogP contribution < -0.4 is 4.74 Å². The molecule has 0 spiro atoms. The van der Waals surface area contributed by atoms with Gasteiger partial charge in [-0.25, -0.2) is 14.2 Å². The molecular weight excluding hydrogens is 227 g/mol. The minimum Gasteiger partial charge on any atom is -0.497 e. The number of hydrogen-bond acceptors (Lipinski definition) is 3. The van der Waals surface area contributed by atoms with E-state index in [9.17, 15) is 9.18 Å². The third-order valence-electron chi connectivity index (χ3n) is 2.24. The second-order valence-electron chi connectivity index (χ2n) is 3.30. The molecule has 1 heterocycles. The first-order chi connectivity index (χ1) is 8.11. The molecule has 0 radical (unpaired) electrons. The highest BCUT2D eigenvalue weighted by Crippen LogP contribution is 2.23. The summed E-state index contributed by atoms with van der Waals surface area (Å²) in [4.78, 5) is 17.0. The standard InChI is InChI=1S/C11H9FN2O3/c1-17-6-2-3-7(8(12)4-6)10-13-5-9(14-10)11(15)16/h2-5H,1H3,(H,13,14)(H,15,16). The lowest BCUT2D eigenvalue weighted by Crippen LogP contribution is -1.96. The fourth-order valence-corrected chi connectivity index (χ4v) is 1.38. The Morgan fingerprint density at radius 2 is 2.29 bits per heavy atom. The minimum absolute atomic E-state index is 0.0878. The van der Waals surface area contributed by atoms with Gasteiger partial charge in [0.2, 0.25) is 0 Å². The van der Waals surface area contributed by atoms with Crippen molar-refractivity contribution in [3.05, 3.63) is 35.9 Å². The second kappa shape index (κ2) is 4.25. The van der Waals surface area contributed by atoms with Crippen LogP contribution in [0.1, 0.15) is 10.5 Å². The maximum atomic E-state index is 13.6. The summed E-state index contributed by atoms with van der Waals surface area (Å²) in [6.45, 7) is 0. The fraction of sp³-hybridized carbons (Fsp3) is 0.0909. The van der Waals surface area contributed by atoms with Crippen molar-refractivity contribution in [2.45, 2.75) is 0 Å². The molecule has 2 rings (SSSR count). The predicted molar refractivity (Wildman–Crippen MR) is 57.5 cm³/mol. The van der Waals surface area contributed by atoms with Crippen LogP contribution in [0.5, 0.6) is 5.75 Å². The Kier molecular flexibility index (Phi) is 2.78. The first-order valence-corrected chi connectivity index (χ1v) is 4.74. The van der Waals surface area contributed by atoms with Crippen LogP contribution in [-0.4, -0.2) is 28.2 Å². The van der Waals surface area contributed by atoms with Gasteiger partial charge in [0.05, 0.1) is 18.9 Å². The summed E-state index contributed by atoms with van der Waals surface area (Å²) in [5.74, 6) is -1.12. The number of hydrogen-bond donors (Lipinski definition) is 2. The smallest absolute Gasteiger partial charge is 0.353 e. The number of benzene rings is 1. The third-order valence-corrected chi connectivity index (χ3v) is 2.24. The fourth-order valence-electron chi connectivity index (χ4n) is 1.38. The molecule has 88 valence electrons. The number of carboxylic acid groups (broad SMARTS) is 1. The SMILES string of the molecule is COc1ccc(-c2ncc(C(=O)O)[nH]2)c(F)c1. The van der Waals surface area contributed by atoms with Crippen LogP contribution >= 0.6 is 0 Å². The number of halogens is 1. The van der Waals surface area contributed by atoms with E-state index >= 15 is 0 Å². The van der Waals surface area contributed by atoms with E-state index in [4.69, 9.17) is 9.84 Å². The first-order valence-electron chi connectivity index (χ1n) is 4.74. The minimum atomic E-state index is -1.14. The van der Waals surface area contributed by atoms with Crippen LogP contribution in [0.3, 0.4) is 0 Å². The summed E-state index contributed by atoms with van der Waals surface area (Å²) in [5.41, 5.74) is 0.105. The zero-order valence-corrected chi connectivity index (χ0v) is 8.90. The van der Waals surface area contributed by atoms with Crippen LogP contribution in [0.25, 0.3) is 11.4 Å². The van der Waals surface area contributed by atoms with E-state index < -0.39 is 11.8 Å². The summed E-state index contributed by atoms with van der Waals surface area (Å²) in [6, 6.07) is 4.25. The molecule has 5 nitrogen and oxygen atoms in total. The van der Waals surface area contributed by atoms with Gasteiger partial charge in [-0.3, -0.25) is 0 Å². The van der Waals surface area contributed by atoms with Crippen molar-refractivity contribution in [3.63, 3.8) is 0 Å². The highest BCUT2D eigenvalue weighted by atomic mass is 19.1. The Balaban J connectivity index is 2.42. The highest BCUT2D eigenvalue weighted by molar-refractivity contribution is 5.85. The maximum Gasteiger partial charge on any atom is 0.353 e. The summed E-state index contributed by atoms with van der Waals surface area (Å²) in [5, 5.41) is 8.71. The topological polar surface area (TPSA) is 75.2 Å². The second-order valence-corrected chi connectivity index (χ2v) is 3.30. The molecule has 6 heteroatoms.